The van der Waals surface area contributed by atoms with Crippen LogP contribution in [0.3, 0.4) is 0 Å². The van der Waals surface area contributed by atoms with Crippen LogP contribution in [0.2, 0.25) is 0 Å². The monoisotopic (exact) mass is 383 g/mol. The van der Waals surface area contributed by atoms with Gasteiger partial charge in [-0.3, -0.25) is 4.90 Å². The lowest BCUT2D eigenvalue weighted by Crippen LogP contribution is -2.42. The number of nitrogens with two attached hydrogens (primary N) is 1. The van der Waals surface area contributed by atoms with Gasteiger partial charge in [0.2, 0.25) is 0 Å². The highest BCUT2D eigenvalue weighted by molar-refractivity contribution is 5.81. The van der Waals surface area contributed by atoms with Crippen LogP contribution >= 0.6 is 0 Å². The molecule has 0 spiro atoms. The van der Waals surface area contributed by atoms with Crippen molar-refractivity contribution >= 4 is 5.84 Å². The standard InChI is InChI=1S/C22H29N3O3/c23-22(24-28-17-20(26)16-25-11-13-27-14-12-25)15-21(18-7-3-1-4-8-18)19-9-5-2-6-10-19/h1-10,20-21,26H,11-17H2,(H2,23,24). The van der Waals surface area contributed by atoms with Crippen LogP contribution in [-0.2, 0) is 9.57 Å². The number of β-amino-alcohol motifs (C(OH)–C–C–N with tert-alkyl or cyclic N) is 1. The summed E-state index contributed by atoms with van der Waals surface area (Å²) in [6, 6.07) is 20.5. The molecule has 0 aromatic heterocycles. The molecule has 1 aliphatic heterocycles. The van der Waals surface area contributed by atoms with Crippen molar-refractivity contribution < 1.29 is 14.7 Å². The number of hydrogen-bond acceptors (Lipinski definition) is 5. The molecule has 0 bridgehead atoms. The van der Waals surface area contributed by atoms with E-state index in [2.05, 4.69) is 34.3 Å². The first-order valence-electron chi connectivity index (χ1n) is 9.74. The molecule has 2 aromatic carbocycles. The number of benzene rings is 2. The molecular formula is C22H29N3O3. The van der Waals surface area contributed by atoms with Gasteiger partial charge in [0.1, 0.15) is 18.5 Å². The zero-order chi connectivity index (χ0) is 19.6. The van der Waals surface area contributed by atoms with Crippen LogP contribution in [-0.4, -0.2) is 61.4 Å². The lowest BCUT2D eigenvalue weighted by Gasteiger charge is -2.28. The summed E-state index contributed by atoms with van der Waals surface area (Å²) >= 11 is 0. The lowest BCUT2D eigenvalue weighted by molar-refractivity contribution is -0.0132. The summed E-state index contributed by atoms with van der Waals surface area (Å²) in [7, 11) is 0. The maximum atomic E-state index is 10.1. The maximum Gasteiger partial charge on any atom is 0.144 e. The van der Waals surface area contributed by atoms with Gasteiger partial charge in [-0.15, -0.1) is 0 Å². The molecule has 0 amide bonds. The molecular weight excluding hydrogens is 354 g/mol. The molecule has 0 aliphatic carbocycles. The van der Waals surface area contributed by atoms with Crippen molar-refractivity contribution in [1.29, 1.82) is 0 Å². The quantitative estimate of drug-likeness (QED) is 0.394. The summed E-state index contributed by atoms with van der Waals surface area (Å²) in [6.45, 7) is 3.75. The molecule has 1 fully saturated rings. The van der Waals surface area contributed by atoms with Gasteiger partial charge in [0.15, 0.2) is 0 Å². The largest absolute Gasteiger partial charge is 0.392 e. The lowest BCUT2D eigenvalue weighted by atomic mass is 9.88. The predicted octanol–water partition coefficient (Wildman–Crippen LogP) is 2.19. The van der Waals surface area contributed by atoms with Crippen LogP contribution in [0.25, 0.3) is 0 Å². The van der Waals surface area contributed by atoms with Crippen molar-refractivity contribution in [2.75, 3.05) is 39.5 Å². The van der Waals surface area contributed by atoms with Gasteiger partial charge in [0.25, 0.3) is 0 Å². The summed E-state index contributed by atoms with van der Waals surface area (Å²) in [6.07, 6.45) is -0.0539. The van der Waals surface area contributed by atoms with Gasteiger partial charge in [0.05, 0.1) is 13.2 Å². The molecule has 1 unspecified atom stereocenters. The van der Waals surface area contributed by atoms with Crippen molar-refractivity contribution in [3.63, 3.8) is 0 Å². The van der Waals surface area contributed by atoms with E-state index < -0.39 is 6.10 Å². The van der Waals surface area contributed by atoms with Gasteiger partial charge >= 0.3 is 0 Å². The zero-order valence-electron chi connectivity index (χ0n) is 16.1. The molecule has 150 valence electrons. The van der Waals surface area contributed by atoms with E-state index in [1.807, 2.05) is 36.4 Å². The van der Waals surface area contributed by atoms with Gasteiger partial charge in [-0.25, -0.2) is 0 Å². The van der Waals surface area contributed by atoms with E-state index in [9.17, 15) is 5.11 Å². The summed E-state index contributed by atoms with van der Waals surface area (Å²) in [5.41, 5.74) is 8.50. The fraction of sp³-hybridized carbons (Fsp3) is 0.409. The minimum Gasteiger partial charge on any atom is -0.392 e. The summed E-state index contributed by atoms with van der Waals surface area (Å²) < 4.78 is 5.31. The first-order valence-corrected chi connectivity index (χ1v) is 9.74. The van der Waals surface area contributed by atoms with Gasteiger partial charge in [-0.1, -0.05) is 65.8 Å². The number of rotatable bonds is 9. The van der Waals surface area contributed by atoms with Crippen molar-refractivity contribution in [2.45, 2.75) is 18.4 Å². The number of ether oxygens (including phenoxy) is 1. The number of hydrogen-bond donors (Lipinski definition) is 2. The highest BCUT2D eigenvalue weighted by atomic mass is 16.6. The van der Waals surface area contributed by atoms with Crippen LogP contribution in [0.5, 0.6) is 0 Å². The first kappa shape index (κ1) is 20.3. The van der Waals surface area contributed by atoms with E-state index in [1.165, 1.54) is 11.1 Å². The molecule has 28 heavy (non-hydrogen) atoms. The normalized spacial score (nSPS) is 16.9. The molecule has 2 aromatic rings. The molecule has 1 atom stereocenters. The second-order valence-electron chi connectivity index (χ2n) is 7.02. The third-order valence-electron chi connectivity index (χ3n) is 4.84. The van der Waals surface area contributed by atoms with E-state index in [-0.39, 0.29) is 12.5 Å². The molecule has 3 rings (SSSR count). The Balaban J connectivity index is 1.55. The van der Waals surface area contributed by atoms with Crippen LogP contribution in [0.15, 0.2) is 65.8 Å². The molecule has 0 radical (unpaired) electrons. The van der Waals surface area contributed by atoms with Gasteiger partial charge < -0.3 is 20.4 Å². The van der Waals surface area contributed by atoms with E-state index in [1.54, 1.807) is 0 Å². The zero-order valence-corrected chi connectivity index (χ0v) is 16.1. The van der Waals surface area contributed by atoms with Crippen molar-refractivity contribution in [2.24, 2.45) is 10.9 Å². The van der Waals surface area contributed by atoms with Gasteiger partial charge in [-0.2, -0.15) is 0 Å². The number of aliphatic hydroxyl groups excluding tert-OH is 1. The average molecular weight is 383 g/mol. The molecule has 6 heteroatoms. The second kappa shape index (κ2) is 10.8. The number of amidine groups is 1. The van der Waals surface area contributed by atoms with E-state index >= 15 is 0 Å². The summed E-state index contributed by atoms with van der Waals surface area (Å²) in [5.74, 6) is 0.518. The first-order chi connectivity index (χ1) is 13.7. The van der Waals surface area contributed by atoms with E-state index in [0.29, 0.717) is 32.0 Å². The Morgan fingerprint density at radius 3 is 2.18 bits per heavy atom. The minimum absolute atomic E-state index is 0.105. The van der Waals surface area contributed by atoms with Crippen LogP contribution in [0.4, 0.5) is 0 Å². The van der Waals surface area contributed by atoms with Crippen LogP contribution in [0.1, 0.15) is 23.5 Å². The Labute approximate surface area is 166 Å². The minimum atomic E-state index is -0.603. The Bertz CT molecular complexity index is 679. The number of nitrogens with zero attached hydrogens (tertiary/aromatic N) is 2. The Morgan fingerprint density at radius 2 is 1.61 bits per heavy atom. The predicted molar refractivity (Wildman–Crippen MR) is 110 cm³/mol. The number of aliphatic hydroxyl groups is 1. The molecule has 0 saturated carbocycles. The van der Waals surface area contributed by atoms with Crippen molar-refractivity contribution in [3.8, 4) is 0 Å². The summed E-state index contributed by atoms with van der Waals surface area (Å²) in [5, 5.41) is 14.2. The van der Waals surface area contributed by atoms with Crippen molar-refractivity contribution in [3.05, 3.63) is 71.8 Å². The van der Waals surface area contributed by atoms with Crippen LogP contribution < -0.4 is 5.73 Å². The summed E-state index contributed by atoms with van der Waals surface area (Å²) in [4.78, 5) is 7.48. The van der Waals surface area contributed by atoms with Crippen molar-refractivity contribution in [1.82, 2.24) is 4.90 Å². The third kappa shape index (κ3) is 6.34. The molecule has 1 heterocycles. The smallest absolute Gasteiger partial charge is 0.144 e. The molecule has 1 aliphatic rings. The van der Waals surface area contributed by atoms with E-state index in [0.717, 1.165) is 13.1 Å². The Kier molecular flexibility index (Phi) is 7.84. The third-order valence-corrected chi connectivity index (χ3v) is 4.84. The van der Waals surface area contributed by atoms with E-state index in [4.69, 9.17) is 15.3 Å². The Hall–Kier alpha value is -2.41. The fourth-order valence-electron chi connectivity index (χ4n) is 3.39. The Morgan fingerprint density at radius 1 is 1.04 bits per heavy atom. The fourth-order valence-corrected chi connectivity index (χ4v) is 3.39. The molecule has 1 saturated heterocycles. The highest BCUT2D eigenvalue weighted by Crippen LogP contribution is 2.27. The molecule has 6 nitrogen and oxygen atoms in total. The van der Waals surface area contributed by atoms with Crippen LogP contribution in [0, 0.1) is 0 Å². The second-order valence-corrected chi connectivity index (χ2v) is 7.02. The number of morpholine rings is 1. The molecule has 3 N–H and O–H groups in total. The van der Waals surface area contributed by atoms with Gasteiger partial charge in [-0.05, 0) is 11.1 Å². The SMILES string of the molecule is NC(CC(c1ccccc1)c1ccccc1)=NOCC(O)CN1CCOCC1. The number of oxime groups is 1. The van der Waals surface area contributed by atoms with Gasteiger partial charge in [0, 0.05) is 32.0 Å². The average Bonchev–Trinajstić information content (AvgIpc) is 2.74. The maximum absolute atomic E-state index is 10.1. The highest BCUT2D eigenvalue weighted by Gasteiger charge is 2.17. The topological polar surface area (TPSA) is 80.3 Å².